The highest BCUT2D eigenvalue weighted by atomic mass is 16.2. The predicted octanol–water partition coefficient (Wildman–Crippen LogP) is 1.40. The van der Waals surface area contributed by atoms with Crippen LogP contribution >= 0.6 is 0 Å². The van der Waals surface area contributed by atoms with Gasteiger partial charge in [-0.1, -0.05) is 19.9 Å². The van der Waals surface area contributed by atoms with Crippen LogP contribution in [0.25, 0.3) is 5.52 Å². The molecule has 0 bridgehead atoms. The van der Waals surface area contributed by atoms with Crippen LogP contribution in [0.2, 0.25) is 0 Å². The minimum absolute atomic E-state index is 0.232. The topological polar surface area (TPSA) is 78.7 Å². The molecule has 0 saturated carbocycles. The zero-order chi connectivity index (χ0) is 18.4. The smallest absolute Gasteiger partial charge is 0.287 e. The molecule has 2 N–H and O–H groups in total. The molecule has 136 valence electrons. The first-order valence-corrected chi connectivity index (χ1v) is 8.58. The number of hydrogen-bond donors (Lipinski definition) is 2. The van der Waals surface area contributed by atoms with E-state index in [1.54, 1.807) is 16.7 Å². The van der Waals surface area contributed by atoms with Gasteiger partial charge in [0.2, 0.25) is 5.82 Å². The highest BCUT2D eigenvalue weighted by Gasteiger charge is 2.21. The number of carbonyl (C=O) groups excluding carboxylic acids is 2. The van der Waals surface area contributed by atoms with Crippen LogP contribution in [0.3, 0.4) is 0 Å². The monoisotopic (exact) mass is 345 g/mol. The van der Waals surface area contributed by atoms with Crippen LogP contribution in [0.1, 0.15) is 41.4 Å². The number of aromatic nitrogens is 2. The van der Waals surface area contributed by atoms with Crippen LogP contribution in [-0.4, -0.2) is 59.8 Å². The summed E-state index contributed by atoms with van der Waals surface area (Å²) in [6.07, 6.45) is 2.60. The molecule has 0 aliphatic heterocycles. The molecule has 2 aromatic rings. The molecule has 0 saturated heterocycles. The molecule has 25 heavy (non-hydrogen) atoms. The van der Waals surface area contributed by atoms with Crippen molar-refractivity contribution in [2.24, 2.45) is 5.92 Å². The van der Waals surface area contributed by atoms with E-state index >= 15 is 0 Å². The number of fused-ring (bicyclic) bond motifs is 1. The first-order valence-electron chi connectivity index (χ1n) is 8.58. The van der Waals surface area contributed by atoms with Crippen molar-refractivity contribution in [3.05, 3.63) is 35.9 Å². The first-order chi connectivity index (χ1) is 11.9. The molecule has 2 amide bonds. The highest BCUT2D eigenvalue weighted by Crippen LogP contribution is 2.13. The van der Waals surface area contributed by atoms with Gasteiger partial charge in [0, 0.05) is 19.3 Å². The third-order valence-corrected chi connectivity index (χ3v) is 3.71. The lowest BCUT2D eigenvalue weighted by Crippen LogP contribution is -2.29. The van der Waals surface area contributed by atoms with Crippen LogP contribution in [0.5, 0.6) is 0 Å². The van der Waals surface area contributed by atoms with Gasteiger partial charge in [-0.05, 0) is 45.1 Å². The molecule has 0 atom stereocenters. The third-order valence-electron chi connectivity index (χ3n) is 3.71. The molecule has 0 spiro atoms. The number of nitrogens with zero attached hydrogens (tertiary/aromatic N) is 3. The zero-order valence-electron chi connectivity index (χ0n) is 15.4. The highest BCUT2D eigenvalue weighted by molar-refractivity contribution is 6.02. The summed E-state index contributed by atoms with van der Waals surface area (Å²) >= 11 is 0. The van der Waals surface area contributed by atoms with Crippen LogP contribution in [0.4, 0.5) is 0 Å². The van der Waals surface area contributed by atoms with Gasteiger partial charge in [0.15, 0.2) is 5.69 Å². The van der Waals surface area contributed by atoms with Crippen molar-refractivity contribution in [2.75, 3.05) is 33.7 Å². The molecule has 0 unspecified atom stereocenters. The molecule has 0 aliphatic rings. The van der Waals surface area contributed by atoms with Crippen LogP contribution in [0, 0.1) is 5.92 Å². The number of imidazole rings is 1. The number of rotatable bonds is 8. The number of nitrogens with one attached hydrogen (secondary N) is 2. The Morgan fingerprint density at radius 1 is 1.20 bits per heavy atom. The molecule has 0 radical (unpaired) electrons. The quantitative estimate of drug-likeness (QED) is 0.709. The molecule has 0 aromatic carbocycles. The van der Waals surface area contributed by atoms with E-state index in [4.69, 9.17) is 0 Å². The number of hydrogen-bond acceptors (Lipinski definition) is 4. The molecule has 2 heterocycles. The van der Waals surface area contributed by atoms with Crippen molar-refractivity contribution in [1.82, 2.24) is 24.9 Å². The second-order valence-corrected chi connectivity index (χ2v) is 6.76. The summed E-state index contributed by atoms with van der Waals surface area (Å²) in [6, 6.07) is 5.43. The van der Waals surface area contributed by atoms with Gasteiger partial charge in [0.1, 0.15) is 0 Å². The Morgan fingerprint density at radius 3 is 2.64 bits per heavy atom. The Labute approximate surface area is 148 Å². The number of carbonyl (C=O) groups is 2. The average molecular weight is 345 g/mol. The van der Waals surface area contributed by atoms with E-state index in [9.17, 15) is 9.59 Å². The SMILES string of the molecule is CC(C)CNC(=O)c1nc(C(=O)NCCCN(C)C)n2ccccc12. The van der Waals surface area contributed by atoms with Gasteiger partial charge in [-0.2, -0.15) is 0 Å². The minimum atomic E-state index is -0.275. The third kappa shape index (κ3) is 5.03. The van der Waals surface area contributed by atoms with E-state index in [0.717, 1.165) is 13.0 Å². The number of pyridine rings is 1. The summed E-state index contributed by atoms with van der Waals surface area (Å²) in [6.45, 7) is 6.08. The Morgan fingerprint density at radius 2 is 1.96 bits per heavy atom. The fraction of sp³-hybridized carbons (Fsp3) is 0.500. The standard InChI is InChI=1S/C18H27N5O2/c1-13(2)12-20-17(24)15-14-8-5-6-11-23(14)16(21-15)18(25)19-9-7-10-22(3)4/h5-6,8,11,13H,7,9-10,12H2,1-4H3,(H,19,25)(H,20,24). The van der Waals surface area contributed by atoms with Gasteiger partial charge in [-0.3, -0.25) is 14.0 Å². The number of amides is 2. The summed E-state index contributed by atoms with van der Waals surface area (Å²) in [4.78, 5) is 31.2. The van der Waals surface area contributed by atoms with Gasteiger partial charge >= 0.3 is 0 Å². The maximum absolute atomic E-state index is 12.5. The Bertz CT molecular complexity index is 736. The van der Waals surface area contributed by atoms with Crippen molar-refractivity contribution in [2.45, 2.75) is 20.3 Å². The van der Waals surface area contributed by atoms with Crippen LogP contribution < -0.4 is 10.6 Å². The fourth-order valence-electron chi connectivity index (χ4n) is 2.42. The maximum atomic E-state index is 12.5. The van der Waals surface area contributed by atoms with Crippen LogP contribution in [-0.2, 0) is 0 Å². The van der Waals surface area contributed by atoms with Crippen molar-refractivity contribution in [3.63, 3.8) is 0 Å². The van der Waals surface area contributed by atoms with E-state index < -0.39 is 0 Å². The second kappa shape index (κ2) is 8.62. The molecule has 7 nitrogen and oxygen atoms in total. The molecule has 0 fully saturated rings. The van der Waals surface area contributed by atoms with E-state index in [-0.39, 0.29) is 23.3 Å². The second-order valence-electron chi connectivity index (χ2n) is 6.76. The minimum Gasteiger partial charge on any atom is -0.350 e. The van der Waals surface area contributed by atoms with Crippen molar-refractivity contribution in [1.29, 1.82) is 0 Å². The lowest BCUT2D eigenvalue weighted by atomic mass is 10.2. The summed E-state index contributed by atoms with van der Waals surface area (Å²) in [5.74, 6) is 0.0411. The Hall–Kier alpha value is -2.41. The molecule has 2 rings (SSSR count). The Balaban J connectivity index is 2.17. The lowest BCUT2D eigenvalue weighted by molar-refractivity contribution is 0.0941. The lowest BCUT2D eigenvalue weighted by Gasteiger charge is -2.09. The van der Waals surface area contributed by atoms with Crippen LogP contribution in [0.15, 0.2) is 24.4 Å². The molecule has 0 aliphatic carbocycles. The normalized spacial score (nSPS) is 11.3. The molecule has 2 aromatic heterocycles. The summed E-state index contributed by atoms with van der Waals surface area (Å²) in [5.41, 5.74) is 0.905. The van der Waals surface area contributed by atoms with Gasteiger partial charge in [0.05, 0.1) is 5.52 Å². The van der Waals surface area contributed by atoms with Gasteiger partial charge in [0.25, 0.3) is 11.8 Å². The van der Waals surface area contributed by atoms with E-state index in [1.807, 2.05) is 40.1 Å². The summed E-state index contributed by atoms with van der Waals surface area (Å²) in [5, 5.41) is 5.72. The van der Waals surface area contributed by atoms with Gasteiger partial charge in [-0.15, -0.1) is 0 Å². The van der Waals surface area contributed by atoms with Crippen molar-refractivity contribution in [3.8, 4) is 0 Å². The van der Waals surface area contributed by atoms with Gasteiger partial charge in [-0.25, -0.2) is 4.98 Å². The van der Waals surface area contributed by atoms with Gasteiger partial charge < -0.3 is 15.5 Å². The summed E-state index contributed by atoms with van der Waals surface area (Å²) < 4.78 is 1.66. The molecular weight excluding hydrogens is 318 g/mol. The van der Waals surface area contributed by atoms with E-state index in [0.29, 0.717) is 24.5 Å². The first kappa shape index (κ1) is 18.9. The maximum Gasteiger partial charge on any atom is 0.287 e. The van der Waals surface area contributed by atoms with E-state index in [2.05, 4.69) is 20.5 Å². The molecule has 7 heteroatoms. The average Bonchev–Trinajstić information content (AvgIpc) is 2.96. The van der Waals surface area contributed by atoms with Crippen molar-refractivity contribution < 1.29 is 9.59 Å². The van der Waals surface area contributed by atoms with Crippen molar-refractivity contribution >= 4 is 17.3 Å². The zero-order valence-corrected chi connectivity index (χ0v) is 15.4. The predicted molar refractivity (Wildman–Crippen MR) is 97.9 cm³/mol. The molecular formula is C18H27N5O2. The van der Waals surface area contributed by atoms with E-state index in [1.165, 1.54) is 0 Å². The fourth-order valence-corrected chi connectivity index (χ4v) is 2.42. The largest absolute Gasteiger partial charge is 0.350 e. The summed E-state index contributed by atoms with van der Waals surface area (Å²) in [7, 11) is 3.98. The Kier molecular flexibility index (Phi) is 6.52.